The predicted octanol–water partition coefficient (Wildman–Crippen LogP) is 0.232. The second kappa shape index (κ2) is 4.04. The Balaban J connectivity index is 1.57. The van der Waals surface area contributed by atoms with Crippen molar-refractivity contribution in [2.45, 2.75) is 18.9 Å². The standard InChI is InChI=1S/C12H23N3/c1-14-4-3-12-11(9-14)2-5-15(12)8-10-6-13-7-10/h10-13H,2-9H2,1H3. The van der Waals surface area contributed by atoms with Crippen LogP contribution in [0.15, 0.2) is 0 Å². The summed E-state index contributed by atoms with van der Waals surface area (Å²) in [6, 6.07) is 0.918. The lowest BCUT2D eigenvalue weighted by molar-refractivity contribution is 0.107. The molecule has 0 amide bonds. The maximum atomic E-state index is 3.38. The minimum Gasteiger partial charge on any atom is -0.316 e. The van der Waals surface area contributed by atoms with E-state index in [1.807, 2.05) is 0 Å². The minimum atomic E-state index is 0.918. The molecule has 1 N–H and O–H groups in total. The number of piperidine rings is 1. The molecule has 3 nitrogen and oxygen atoms in total. The van der Waals surface area contributed by atoms with Gasteiger partial charge in [0.2, 0.25) is 0 Å². The molecule has 3 rings (SSSR count). The Morgan fingerprint density at radius 1 is 1.20 bits per heavy atom. The molecule has 3 heterocycles. The van der Waals surface area contributed by atoms with Gasteiger partial charge in [0.05, 0.1) is 0 Å². The van der Waals surface area contributed by atoms with E-state index in [1.54, 1.807) is 0 Å². The van der Waals surface area contributed by atoms with Crippen LogP contribution in [0.4, 0.5) is 0 Å². The van der Waals surface area contributed by atoms with E-state index in [-0.39, 0.29) is 0 Å². The Labute approximate surface area is 92.8 Å². The van der Waals surface area contributed by atoms with Gasteiger partial charge in [0.1, 0.15) is 0 Å². The highest BCUT2D eigenvalue weighted by Gasteiger charge is 2.38. The molecule has 15 heavy (non-hydrogen) atoms. The second-order valence-corrected chi connectivity index (χ2v) is 5.69. The van der Waals surface area contributed by atoms with E-state index in [9.17, 15) is 0 Å². The Hall–Kier alpha value is -0.120. The van der Waals surface area contributed by atoms with Gasteiger partial charge in [-0.05, 0) is 44.8 Å². The van der Waals surface area contributed by atoms with Gasteiger partial charge in [-0.25, -0.2) is 0 Å². The molecule has 3 saturated heterocycles. The fourth-order valence-electron chi connectivity index (χ4n) is 3.50. The van der Waals surface area contributed by atoms with Crippen LogP contribution in [-0.2, 0) is 0 Å². The van der Waals surface area contributed by atoms with Gasteiger partial charge in [-0.1, -0.05) is 0 Å². The summed E-state index contributed by atoms with van der Waals surface area (Å²) in [6.45, 7) is 7.88. The van der Waals surface area contributed by atoms with Gasteiger partial charge < -0.3 is 10.2 Å². The zero-order chi connectivity index (χ0) is 10.3. The molecule has 0 aliphatic carbocycles. The van der Waals surface area contributed by atoms with Crippen LogP contribution < -0.4 is 5.32 Å². The fourth-order valence-corrected chi connectivity index (χ4v) is 3.50. The molecule has 3 heteroatoms. The Morgan fingerprint density at radius 3 is 2.80 bits per heavy atom. The van der Waals surface area contributed by atoms with E-state index >= 15 is 0 Å². The molecular formula is C12H23N3. The van der Waals surface area contributed by atoms with Crippen LogP contribution in [0.1, 0.15) is 12.8 Å². The summed E-state index contributed by atoms with van der Waals surface area (Å²) in [4.78, 5) is 5.29. The first-order valence-corrected chi connectivity index (χ1v) is 6.46. The van der Waals surface area contributed by atoms with Gasteiger partial charge in [-0.3, -0.25) is 4.90 Å². The van der Waals surface area contributed by atoms with Crippen LogP contribution in [0.3, 0.4) is 0 Å². The summed E-state index contributed by atoms with van der Waals surface area (Å²) in [6.07, 6.45) is 2.84. The minimum absolute atomic E-state index is 0.918. The summed E-state index contributed by atoms with van der Waals surface area (Å²) >= 11 is 0. The molecule has 0 radical (unpaired) electrons. The molecule has 3 fully saturated rings. The van der Waals surface area contributed by atoms with E-state index in [4.69, 9.17) is 0 Å². The number of hydrogen-bond donors (Lipinski definition) is 1. The van der Waals surface area contributed by atoms with Gasteiger partial charge in [0, 0.05) is 32.2 Å². The molecule has 0 spiro atoms. The smallest absolute Gasteiger partial charge is 0.0148 e. The topological polar surface area (TPSA) is 18.5 Å². The van der Waals surface area contributed by atoms with Crippen molar-refractivity contribution in [2.24, 2.45) is 11.8 Å². The molecule has 3 aliphatic rings. The van der Waals surface area contributed by atoms with E-state index in [0.29, 0.717) is 0 Å². The largest absolute Gasteiger partial charge is 0.316 e. The number of nitrogens with zero attached hydrogens (tertiary/aromatic N) is 2. The number of hydrogen-bond acceptors (Lipinski definition) is 3. The first-order chi connectivity index (χ1) is 7.33. The van der Waals surface area contributed by atoms with Gasteiger partial charge in [0.15, 0.2) is 0 Å². The van der Waals surface area contributed by atoms with Crippen LogP contribution in [0, 0.1) is 11.8 Å². The SMILES string of the molecule is CN1CCC2C(CCN2CC2CNC2)C1. The van der Waals surface area contributed by atoms with Gasteiger partial charge in [-0.15, -0.1) is 0 Å². The summed E-state index contributed by atoms with van der Waals surface area (Å²) in [5, 5.41) is 3.38. The van der Waals surface area contributed by atoms with Crippen LogP contribution in [0.2, 0.25) is 0 Å². The zero-order valence-corrected chi connectivity index (χ0v) is 9.78. The fraction of sp³-hybridized carbons (Fsp3) is 1.00. The summed E-state index contributed by atoms with van der Waals surface area (Å²) < 4.78 is 0. The highest BCUT2D eigenvalue weighted by molar-refractivity contribution is 4.93. The van der Waals surface area contributed by atoms with Crippen molar-refractivity contribution in [3.63, 3.8) is 0 Å². The van der Waals surface area contributed by atoms with Crippen molar-refractivity contribution in [1.82, 2.24) is 15.1 Å². The van der Waals surface area contributed by atoms with Gasteiger partial charge in [0.25, 0.3) is 0 Å². The summed E-state index contributed by atoms with van der Waals surface area (Å²) in [5.74, 6) is 1.92. The third kappa shape index (κ3) is 1.93. The third-order valence-electron chi connectivity index (χ3n) is 4.51. The molecule has 0 saturated carbocycles. The Kier molecular flexibility index (Phi) is 2.71. The molecular weight excluding hydrogens is 186 g/mol. The maximum absolute atomic E-state index is 3.38. The molecule has 2 atom stereocenters. The first-order valence-electron chi connectivity index (χ1n) is 6.46. The quantitative estimate of drug-likeness (QED) is 0.702. The molecule has 2 unspecified atom stereocenters. The highest BCUT2D eigenvalue weighted by Crippen LogP contribution is 2.31. The molecule has 0 aromatic heterocycles. The third-order valence-corrected chi connectivity index (χ3v) is 4.51. The predicted molar refractivity (Wildman–Crippen MR) is 61.9 cm³/mol. The van der Waals surface area contributed by atoms with Gasteiger partial charge >= 0.3 is 0 Å². The average Bonchev–Trinajstić information content (AvgIpc) is 2.54. The van der Waals surface area contributed by atoms with Crippen molar-refractivity contribution in [1.29, 1.82) is 0 Å². The molecule has 3 aliphatic heterocycles. The maximum Gasteiger partial charge on any atom is 0.0148 e. The molecule has 0 aromatic rings. The van der Waals surface area contributed by atoms with Gasteiger partial charge in [-0.2, -0.15) is 0 Å². The normalized spacial score (nSPS) is 39.0. The van der Waals surface area contributed by atoms with Crippen molar-refractivity contribution < 1.29 is 0 Å². The lowest BCUT2D eigenvalue weighted by Gasteiger charge is -2.39. The van der Waals surface area contributed by atoms with Crippen molar-refractivity contribution in [3.8, 4) is 0 Å². The molecule has 0 aromatic carbocycles. The van der Waals surface area contributed by atoms with Crippen LogP contribution in [-0.4, -0.2) is 62.2 Å². The first kappa shape index (κ1) is 10.1. The number of fused-ring (bicyclic) bond motifs is 1. The van der Waals surface area contributed by atoms with E-state index < -0.39 is 0 Å². The second-order valence-electron chi connectivity index (χ2n) is 5.69. The van der Waals surface area contributed by atoms with Crippen LogP contribution >= 0.6 is 0 Å². The highest BCUT2D eigenvalue weighted by atomic mass is 15.2. The zero-order valence-electron chi connectivity index (χ0n) is 9.78. The number of rotatable bonds is 2. The van der Waals surface area contributed by atoms with Crippen LogP contribution in [0.5, 0.6) is 0 Å². The molecule has 0 bridgehead atoms. The lowest BCUT2D eigenvalue weighted by atomic mass is 9.92. The van der Waals surface area contributed by atoms with Crippen LogP contribution in [0.25, 0.3) is 0 Å². The Morgan fingerprint density at radius 2 is 2.07 bits per heavy atom. The average molecular weight is 209 g/mol. The van der Waals surface area contributed by atoms with Crippen molar-refractivity contribution in [2.75, 3.05) is 46.3 Å². The monoisotopic (exact) mass is 209 g/mol. The van der Waals surface area contributed by atoms with E-state index in [0.717, 1.165) is 17.9 Å². The Bertz CT molecular complexity index is 227. The lowest BCUT2D eigenvalue weighted by Crippen LogP contribution is -2.51. The van der Waals surface area contributed by atoms with E-state index in [1.165, 1.54) is 52.1 Å². The van der Waals surface area contributed by atoms with Crippen molar-refractivity contribution in [3.05, 3.63) is 0 Å². The summed E-state index contributed by atoms with van der Waals surface area (Å²) in [7, 11) is 2.27. The molecule has 86 valence electrons. The van der Waals surface area contributed by atoms with Crippen molar-refractivity contribution >= 4 is 0 Å². The number of nitrogens with one attached hydrogen (secondary N) is 1. The number of likely N-dealkylation sites (tertiary alicyclic amines) is 2. The summed E-state index contributed by atoms with van der Waals surface area (Å²) in [5.41, 5.74) is 0. The van der Waals surface area contributed by atoms with E-state index in [2.05, 4.69) is 22.2 Å².